The van der Waals surface area contributed by atoms with Crippen LogP contribution in [0.4, 0.5) is 0 Å². The summed E-state index contributed by atoms with van der Waals surface area (Å²) in [6.45, 7) is -0.514. The summed E-state index contributed by atoms with van der Waals surface area (Å²) >= 11 is 7.08. The summed E-state index contributed by atoms with van der Waals surface area (Å²) in [5, 5.41) is 2.06. The Hall–Kier alpha value is -2.77. The van der Waals surface area contributed by atoms with Gasteiger partial charge in [-0.25, -0.2) is 4.79 Å². The van der Waals surface area contributed by atoms with Gasteiger partial charge in [0.1, 0.15) is 0 Å². The van der Waals surface area contributed by atoms with E-state index in [1.807, 2.05) is 30.3 Å². The van der Waals surface area contributed by atoms with Crippen molar-refractivity contribution in [1.82, 2.24) is 10.9 Å². The molecule has 26 heavy (non-hydrogen) atoms. The minimum Gasteiger partial charge on any atom is -0.452 e. The predicted octanol–water partition coefficient (Wildman–Crippen LogP) is 2.95. The van der Waals surface area contributed by atoms with E-state index in [0.29, 0.717) is 10.6 Å². The maximum absolute atomic E-state index is 11.8. The second-order valence-corrected chi connectivity index (χ2v) is 6.27. The standard InChI is InChI=1S/C18H15ClN2O4S/c19-14-8-6-13(7-9-14)18(24)21-20-16(22)12-25-17(23)10-11-26-15-4-2-1-3-5-15/h1-11H,12H2,(H,20,22)(H,21,24)/b11-10+. The highest BCUT2D eigenvalue weighted by atomic mass is 35.5. The number of nitrogens with one attached hydrogen (secondary N) is 2. The number of hydrogen-bond acceptors (Lipinski definition) is 5. The van der Waals surface area contributed by atoms with Gasteiger partial charge < -0.3 is 4.74 Å². The molecular formula is C18H15ClN2O4S. The maximum atomic E-state index is 11.8. The van der Waals surface area contributed by atoms with Gasteiger partial charge in [-0.3, -0.25) is 20.4 Å². The second kappa shape index (κ2) is 10.3. The minimum atomic E-state index is -0.662. The normalized spacial score (nSPS) is 10.3. The number of ether oxygens (including phenoxy) is 1. The molecule has 0 saturated carbocycles. The quantitative estimate of drug-likeness (QED) is 0.343. The Balaban J connectivity index is 1.67. The molecule has 0 bridgehead atoms. The molecular weight excluding hydrogens is 376 g/mol. The maximum Gasteiger partial charge on any atom is 0.331 e. The van der Waals surface area contributed by atoms with E-state index >= 15 is 0 Å². The van der Waals surface area contributed by atoms with Crippen LogP contribution in [0.25, 0.3) is 0 Å². The predicted molar refractivity (Wildman–Crippen MR) is 99.5 cm³/mol. The van der Waals surface area contributed by atoms with Crippen LogP contribution >= 0.6 is 23.4 Å². The summed E-state index contributed by atoms with van der Waals surface area (Å²) in [4.78, 5) is 35.9. The van der Waals surface area contributed by atoms with Crippen molar-refractivity contribution in [2.45, 2.75) is 4.90 Å². The highest BCUT2D eigenvalue weighted by molar-refractivity contribution is 8.02. The third-order valence-corrected chi connectivity index (χ3v) is 3.99. The number of halogens is 1. The van der Waals surface area contributed by atoms with Gasteiger partial charge in [-0.2, -0.15) is 0 Å². The van der Waals surface area contributed by atoms with Gasteiger partial charge in [-0.05, 0) is 41.8 Å². The molecule has 0 fully saturated rings. The van der Waals surface area contributed by atoms with E-state index in [-0.39, 0.29) is 0 Å². The van der Waals surface area contributed by atoms with Gasteiger partial charge in [0.15, 0.2) is 6.61 Å². The lowest BCUT2D eigenvalue weighted by Crippen LogP contribution is -2.43. The van der Waals surface area contributed by atoms with Crippen LogP contribution in [0, 0.1) is 0 Å². The number of carbonyl (C=O) groups excluding carboxylic acids is 3. The Bertz CT molecular complexity index is 795. The molecule has 2 rings (SSSR count). The smallest absolute Gasteiger partial charge is 0.331 e. The molecule has 8 heteroatoms. The first-order valence-electron chi connectivity index (χ1n) is 7.44. The molecule has 0 heterocycles. The topological polar surface area (TPSA) is 84.5 Å². The average molecular weight is 391 g/mol. The molecule has 2 N–H and O–H groups in total. The molecule has 2 aromatic carbocycles. The Morgan fingerprint density at radius 2 is 1.69 bits per heavy atom. The monoisotopic (exact) mass is 390 g/mol. The number of hydrazine groups is 1. The van der Waals surface area contributed by atoms with Gasteiger partial charge >= 0.3 is 5.97 Å². The Morgan fingerprint density at radius 3 is 2.38 bits per heavy atom. The van der Waals surface area contributed by atoms with Gasteiger partial charge in [0.25, 0.3) is 11.8 Å². The fourth-order valence-electron chi connectivity index (χ4n) is 1.69. The number of rotatable bonds is 6. The largest absolute Gasteiger partial charge is 0.452 e. The molecule has 6 nitrogen and oxygen atoms in total. The fraction of sp³-hybridized carbons (Fsp3) is 0.0556. The molecule has 0 spiro atoms. The number of hydrogen-bond donors (Lipinski definition) is 2. The van der Waals surface area contributed by atoms with Crippen LogP contribution in [-0.2, 0) is 14.3 Å². The molecule has 0 aromatic heterocycles. The van der Waals surface area contributed by atoms with Gasteiger partial charge in [0.05, 0.1) is 0 Å². The van der Waals surface area contributed by atoms with Crippen LogP contribution in [0.5, 0.6) is 0 Å². The lowest BCUT2D eigenvalue weighted by Gasteiger charge is -2.07. The van der Waals surface area contributed by atoms with Crippen molar-refractivity contribution >= 4 is 41.1 Å². The van der Waals surface area contributed by atoms with Crippen LogP contribution in [0.1, 0.15) is 10.4 Å². The third-order valence-electron chi connectivity index (χ3n) is 2.92. The van der Waals surface area contributed by atoms with E-state index in [2.05, 4.69) is 10.9 Å². The summed E-state index contributed by atoms with van der Waals surface area (Å²) in [5.41, 5.74) is 4.69. The highest BCUT2D eigenvalue weighted by Gasteiger charge is 2.08. The molecule has 0 saturated heterocycles. The fourth-order valence-corrected chi connectivity index (χ4v) is 2.46. The molecule has 0 atom stereocenters. The van der Waals surface area contributed by atoms with Crippen LogP contribution in [0.3, 0.4) is 0 Å². The number of carbonyl (C=O) groups is 3. The molecule has 0 aliphatic carbocycles. The van der Waals surface area contributed by atoms with E-state index in [4.69, 9.17) is 16.3 Å². The molecule has 2 amide bonds. The average Bonchev–Trinajstić information content (AvgIpc) is 2.66. The lowest BCUT2D eigenvalue weighted by molar-refractivity contribution is -0.144. The van der Waals surface area contributed by atoms with Crippen molar-refractivity contribution in [3.8, 4) is 0 Å². The van der Waals surface area contributed by atoms with E-state index in [9.17, 15) is 14.4 Å². The first-order chi connectivity index (χ1) is 12.5. The second-order valence-electron chi connectivity index (χ2n) is 4.85. The molecule has 0 unspecified atom stereocenters. The summed E-state index contributed by atoms with van der Waals surface area (Å²) in [7, 11) is 0. The zero-order valence-electron chi connectivity index (χ0n) is 13.5. The van der Waals surface area contributed by atoms with Gasteiger partial charge in [-0.15, -0.1) is 0 Å². The SMILES string of the molecule is O=C(COC(=O)/C=C/Sc1ccccc1)NNC(=O)c1ccc(Cl)cc1. The van der Waals surface area contributed by atoms with Gasteiger partial charge in [0.2, 0.25) is 0 Å². The van der Waals surface area contributed by atoms with Crippen LogP contribution in [0.2, 0.25) is 5.02 Å². The lowest BCUT2D eigenvalue weighted by atomic mass is 10.2. The van der Waals surface area contributed by atoms with Crippen molar-refractivity contribution in [3.05, 3.63) is 76.7 Å². The van der Waals surface area contributed by atoms with Gasteiger partial charge in [-0.1, -0.05) is 41.6 Å². The van der Waals surface area contributed by atoms with Crippen LogP contribution in [0.15, 0.2) is 71.0 Å². The number of amides is 2. The first kappa shape index (κ1) is 19.6. The molecule has 0 aliphatic rings. The summed E-state index contributed by atoms with van der Waals surface area (Å²) < 4.78 is 4.78. The van der Waals surface area contributed by atoms with E-state index < -0.39 is 24.4 Å². The molecule has 134 valence electrons. The summed E-state index contributed by atoms with van der Waals surface area (Å²) in [6.07, 6.45) is 1.22. The first-order valence-corrected chi connectivity index (χ1v) is 8.70. The zero-order chi connectivity index (χ0) is 18.8. The number of benzene rings is 2. The molecule has 2 aromatic rings. The van der Waals surface area contributed by atoms with E-state index in [1.165, 1.54) is 30.0 Å². The number of thioether (sulfide) groups is 1. The van der Waals surface area contributed by atoms with Crippen molar-refractivity contribution in [1.29, 1.82) is 0 Å². The Labute approximate surface area is 159 Å². The summed E-state index contributed by atoms with van der Waals surface area (Å²) in [6, 6.07) is 15.6. The number of esters is 1. The molecule has 0 aliphatic heterocycles. The third kappa shape index (κ3) is 7.00. The molecule has 0 radical (unpaired) electrons. The van der Waals surface area contributed by atoms with Crippen LogP contribution in [-0.4, -0.2) is 24.4 Å². The Kier molecular flexibility index (Phi) is 7.73. The van der Waals surface area contributed by atoms with E-state index in [1.54, 1.807) is 17.5 Å². The van der Waals surface area contributed by atoms with Crippen molar-refractivity contribution in [2.75, 3.05) is 6.61 Å². The van der Waals surface area contributed by atoms with Crippen molar-refractivity contribution in [2.24, 2.45) is 0 Å². The van der Waals surface area contributed by atoms with Crippen molar-refractivity contribution < 1.29 is 19.1 Å². The van der Waals surface area contributed by atoms with E-state index in [0.717, 1.165) is 4.90 Å². The Morgan fingerprint density at radius 1 is 1.00 bits per heavy atom. The zero-order valence-corrected chi connectivity index (χ0v) is 15.0. The highest BCUT2D eigenvalue weighted by Crippen LogP contribution is 2.17. The van der Waals surface area contributed by atoms with Crippen LogP contribution < -0.4 is 10.9 Å². The van der Waals surface area contributed by atoms with Crippen molar-refractivity contribution in [3.63, 3.8) is 0 Å². The summed E-state index contributed by atoms with van der Waals surface area (Å²) in [5.74, 6) is -1.84. The minimum absolute atomic E-state index is 0.326. The van der Waals surface area contributed by atoms with Gasteiger partial charge in [0, 0.05) is 21.6 Å².